The first kappa shape index (κ1) is 11.0. The van der Waals surface area contributed by atoms with Gasteiger partial charge in [0.1, 0.15) is 15.0 Å². The molecule has 0 bridgehead atoms. The van der Waals surface area contributed by atoms with E-state index in [1.165, 1.54) is 6.20 Å². The Balaban J connectivity index is 2.51. The van der Waals surface area contributed by atoms with E-state index in [9.17, 15) is 4.21 Å². The Kier molecular flexibility index (Phi) is 3.35. The molecule has 3 nitrogen and oxygen atoms in total. The molecule has 0 N–H and O–H groups in total. The van der Waals surface area contributed by atoms with Crippen molar-refractivity contribution in [3.63, 3.8) is 0 Å². The Morgan fingerprint density at radius 3 is 2.47 bits per heavy atom. The summed E-state index contributed by atoms with van der Waals surface area (Å²) in [4.78, 5) is 0.409. The molecule has 0 saturated heterocycles. The molecule has 1 aromatic carbocycles. The molecule has 0 amide bonds. The summed E-state index contributed by atoms with van der Waals surface area (Å²) in [5.41, 5.74) is 0. The van der Waals surface area contributed by atoms with Crippen molar-refractivity contribution in [2.24, 2.45) is 0 Å². The second-order valence-electron chi connectivity index (χ2n) is 2.56. The Morgan fingerprint density at radius 2 is 1.93 bits per heavy atom. The van der Waals surface area contributed by atoms with Crippen LogP contribution in [0.3, 0.4) is 0 Å². The maximum absolute atomic E-state index is 12.0. The van der Waals surface area contributed by atoms with Crippen LogP contribution >= 0.6 is 34.7 Å². The molecular formula is C8H4Cl2N2OS2. The number of hydrogen-bond donors (Lipinski definition) is 0. The lowest BCUT2D eigenvalue weighted by Gasteiger charge is -2.03. The van der Waals surface area contributed by atoms with Gasteiger partial charge in [0.2, 0.25) is 0 Å². The van der Waals surface area contributed by atoms with E-state index < -0.39 is 10.8 Å². The average molecular weight is 279 g/mol. The van der Waals surface area contributed by atoms with Crippen molar-refractivity contribution in [3.05, 3.63) is 34.4 Å². The van der Waals surface area contributed by atoms with Gasteiger partial charge < -0.3 is 0 Å². The molecule has 0 fully saturated rings. The predicted octanol–water partition coefficient (Wildman–Crippen LogP) is 3.01. The fraction of sp³-hybridized carbons (Fsp3) is 0. The van der Waals surface area contributed by atoms with Gasteiger partial charge in [-0.1, -0.05) is 33.8 Å². The monoisotopic (exact) mass is 278 g/mol. The fourth-order valence-corrected chi connectivity index (χ4v) is 3.54. The zero-order valence-electron chi connectivity index (χ0n) is 7.18. The SMILES string of the molecule is O=[S@](c1cnns1)c1c(Cl)cccc1Cl. The van der Waals surface area contributed by atoms with Gasteiger partial charge in [0, 0.05) is 0 Å². The van der Waals surface area contributed by atoms with E-state index in [1.807, 2.05) is 0 Å². The largest absolute Gasteiger partial charge is 0.248 e. The first-order valence-corrected chi connectivity index (χ1v) is 6.51. The smallest absolute Gasteiger partial charge is 0.137 e. The quantitative estimate of drug-likeness (QED) is 0.848. The van der Waals surface area contributed by atoms with Crippen LogP contribution < -0.4 is 0 Å². The molecule has 1 aromatic heterocycles. The van der Waals surface area contributed by atoms with Gasteiger partial charge in [-0.05, 0) is 23.7 Å². The highest BCUT2D eigenvalue weighted by atomic mass is 35.5. The number of benzene rings is 1. The Labute approximate surface area is 103 Å². The number of nitrogens with zero attached hydrogens (tertiary/aromatic N) is 2. The summed E-state index contributed by atoms with van der Waals surface area (Å²) in [6, 6.07) is 5.00. The molecule has 78 valence electrons. The zero-order valence-corrected chi connectivity index (χ0v) is 10.3. The predicted molar refractivity (Wildman–Crippen MR) is 61.0 cm³/mol. The second-order valence-corrected chi connectivity index (χ2v) is 5.80. The maximum Gasteiger partial charge on any atom is 0.137 e. The lowest BCUT2D eigenvalue weighted by Crippen LogP contribution is -1.92. The summed E-state index contributed by atoms with van der Waals surface area (Å²) in [7, 11) is -1.41. The van der Waals surface area contributed by atoms with Crippen molar-refractivity contribution in [1.29, 1.82) is 0 Å². The third-order valence-electron chi connectivity index (χ3n) is 1.63. The topological polar surface area (TPSA) is 42.9 Å². The fourth-order valence-electron chi connectivity index (χ4n) is 1.00. The third kappa shape index (κ3) is 2.20. The van der Waals surface area contributed by atoms with Gasteiger partial charge in [-0.3, -0.25) is 0 Å². The van der Waals surface area contributed by atoms with Crippen LogP contribution in [0.2, 0.25) is 10.0 Å². The molecule has 1 atom stereocenters. The minimum absolute atomic E-state index is 0.384. The van der Waals surface area contributed by atoms with Crippen LogP contribution in [-0.2, 0) is 10.8 Å². The number of hydrogen-bond acceptors (Lipinski definition) is 4. The highest BCUT2D eigenvalue weighted by Gasteiger charge is 2.16. The average Bonchev–Trinajstić information content (AvgIpc) is 2.69. The van der Waals surface area contributed by atoms with Crippen molar-refractivity contribution in [2.45, 2.75) is 9.10 Å². The Hall–Kier alpha value is -0.490. The van der Waals surface area contributed by atoms with E-state index in [2.05, 4.69) is 9.59 Å². The van der Waals surface area contributed by atoms with Crippen LogP contribution in [0, 0.1) is 0 Å². The van der Waals surface area contributed by atoms with Crippen LogP contribution in [0.15, 0.2) is 33.5 Å². The Bertz CT molecular complexity index is 481. The molecule has 0 aliphatic carbocycles. The van der Waals surface area contributed by atoms with Crippen LogP contribution in [0.1, 0.15) is 0 Å². The lowest BCUT2D eigenvalue weighted by atomic mass is 10.4. The Morgan fingerprint density at radius 1 is 1.27 bits per heavy atom. The van der Waals surface area contributed by atoms with Gasteiger partial charge in [0.05, 0.1) is 21.1 Å². The van der Waals surface area contributed by atoms with Gasteiger partial charge in [0.15, 0.2) is 0 Å². The van der Waals surface area contributed by atoms with Crippen LogP contribution in [-0.4, -0.2) is 13.8 Å². The summed E-state index contributed by atoms with van der Waals surface area (Å²) in [6.07, 6.45) is 1.44. The lowest BCUT2D eigenvalue weighted by molar-refractivity contribution is 0.684. The van der Waals surface area contributed by atoms with E-state index >= 15 is 0 Å². The normalized spacial score (nSPS) is 12.7. The van der Waals surface area contributed by atoms with Gasteiger partial charge in [0.25, 0.3) is 0 Å². The van der Waals surface area contributed by atoms with Crippen molar-refractivity contribution in [2.75, 3.05) is 0 Å². The highest BCUT2D eigenvalue weighted by molar-refractivity contribution is 7.87. The molecule has 0 radical (unpaired) electrons. The van der Waals surface area contributed by atoms with Gasteiger partial charge >= 0.3 is 0 Å². The van der Waals surface area contributed by atoms with E-state index in [1.54, 1.807) is 18.2 Å². The maximum atomic E-state index is 12.0. The standard InChI is InChI=1S/C8H4Cl2N2OS2/c9-5-2-1-3-6(10)8(5)15(13)7-4-11-12-14-7/h1-4H/t15-/m1/s1. The molecule has 0 unspecified atom stereocenters. The van der Waals surface area contributed by atoms with E-state index in [-0.39, 0.29) is 0 Å². The highest BCUT2D eigenvalue weighted by Crippen LogP contribution is 2.31. The van der Waals surface area contributed by atoms with Crippen LogP contribution in [0.4, 0.5) is 0 Å². The molecule has 0 spiro atoms. The minimum atomic E-state index is -1.41. The van der Waals surface area contributed by atoms with Crippen LogP contribution in [0.5, 0.6) is 0 Å². The first-order chi connectivity index (χ1) is 7.20. The number of halogens is 2. The number of aromatic nitrogens is 2. The molecule has 0 aliphatic rings. The first-order valence-electron chi connectivity index (χ1n) is 3.83. The van der Waals surface area contributed by atoms with Gasteiger partial charge in [-0.15, -0.1) is 5.10 Å². The molecule has 1 heterocycles. The molecule has 7 heteroatoms. The third-order valence-corrected chi connectivity index (χ3v) is 4.90. The van der Waals surface area contributed by atoms with Crippen molar-refractivity contribution < 1.29 is 4.21 Å². The summed E-state index contributed by atoms with van der Waals surface area (Å²) >= 11 is 12.9. The number of rotatable bonds is 2. The van der Waals surface area contributed by atoms with Gasteiger partial charge in [-0.2, -0.15) is 0 Å². The summed E-state index contributed by atoms with van der Waals surface area (Å²) in [5, 5.41) is 4.38. The van der Waals surface area contributed by atoms with E-state index in [0.717, 1.165) is 11.5 Å². The molecule has 0 aliphatic heterocycles. The van der Waals surface area contributed by atoms with Crippen molar-refractivity contribution in [3.8, 4) is 0 Å². The van der Waals surface area contributed by atoms with E-state index in [4.69, 9.17) is 23.2 Å². The second kappa shape index (κ2) is 4.57. The van der Waals surface area contributed by atoms with Gasteiger partial charge in [-0.25, -0.2) is 4.21 Å². The van der Waals surface area contributed by atoms with Crippen molar-refractivity contribution in [1.82, 2.24) is 9.59 Å². The molecule has 0 saturated carbocycles. The molecular weight excluding hydrogens is 275 g/mol. The molecule has 2 rings (SSSR count). The van der Waals surface area contributed by atoms with Crippen LogP contribution in [0.25, 0.3) is 0 Å². The minimum Gasteiger partial charge on any atom is -0.248 e. The molecule has 2 aromatic rings. The summed E-state index contributed by atoms with van der Waals surface area (Å²) in [5.74, 6) is 0. The molecule has 15 heavy (non-hydrogen) atoms. The summed E-state index contributed by atoms with van der Waals surface area (Å²) < 4.78 is 16.2. The van der Waals surface area contributed by atoms with Crippen molar-refractivity contribution >= 4 is 45.5 Å². The summed E-state index contributed by atoms with van der Waals surface area (Å²) in [6.45, 7) is 0. The van der Waals surface area contributed by atoms with E-state index in [0.29, 0.717) is 19.1 Å². The zero-order chi connectivity index (χ0) is 10.8.